The summed E-state index contributed by atoms with van der Waals surface area (Å²) in [5.41, 5.74) is 0.280. The lowest BCUT2D eigenvalue weighted by atomic mass is 9.50. The van der Waals surface area contributed by atoms with Gasteiger partial charge in [0.05, 0.1) is 18.1 Å². The van der Waals surface area contributed by atoms with Crippen molar-refractivity contribution in [3.63, 3.8) is 0 Å². The smallest absolute Gasteiger partial charge is 0.352 e. The van der Waals surface area contributed by atoms with Crippen molar-refractivity contribution in [2.45, 2.75) is 74.3 Å². The van der Waals surface area contributed by atoms with Gasteiger partial charge in [0.15, 0.2) is 23.7 Å². The van der Waals surface area contributed by atoms with E-state index in [0.29, 0.717) is 42.9 Å². The number of carbonyl (C=O) groups excluding carboxylic acids is 2. The van der Waals surface area contributed by atoms with E-state index in [1.165, 1.54) is 6.92 Å². The SMILES string of the molecule is COc1ccc2c3c1OC1C(OC(=O)[C@H](C)OC(=O)[C@@H]4CCCN4)=CC[C@@]4(O)[C@@H](C2)N(C)CCC314. The molecule has 2 saturated heterocycles. The first-order valence-corrected chi connectivity index (χ1v) is 12.5. The average Bonchev–Trinajstić information content (AvgIpc) is 3.49. The van der Waals surface area contributed by atoms with Gasteiger partial charge in [0, 0.05) is 18.0 Å². The van der Waals surface area contributed by atoms with E-state index >= 15 is 0 Å². The second-order valence-corrected chi connectivity index (χ2v) is 10.4. The number of ether oxygens (including phenoxy) is 4. The summed E-state index contributed by atoms with van der Waals surface area (Å²) in [6, 6.07) is 3.49. The number of nitrogens with one attached hydrogen (secondary N) is 1. The normalized spacial score (nSPS) is 35.4. The third-order valence-corrected chi connectivity index (χ3v) is 8.75. The number of hydrogen-bond donors (Lipinski definition) is 2. The molecule has 9 heteroatoms. The summed E-state index contributed by atoms with van der Waals surface area (Å²) in [5, 5.41) is 15.3. The second kappa shape index (κ2) is 7.94. The molecule has 2 aliphatic carbocycles. The van der Waals surface area contributed by atoms with Crippen LogP contribution in [-0.4, -0.2) is 79.1 Å². The number of rotatable bonds is 5. The molecule has 35 heavy (non-hydrogen) atoms. The fraction of sp³-hybridized carbons (Fsp3) is 0.615. The van der Waals surface area contributed by atoms with E-state index in [1.54, 1.807) is 13.2 Å². The molecule has 1 spiro atoms. The van der Waals surface area contributed by atoms with Crippen molar-refractivity contribution in [1.82, 2.24) is 10.2 Å². The van der Waals surface area contributed by atoms with Crippen LogP contribution in [0.2, 0.25) is 0 Å². The van der Waals surface area contributed by atoms with Gasteiger partial charge >= 0.3 is 11.9 Å². The molecule has 2 bridgehead atoms. The molecular formula is C26H32N2O7. The maximum Gasteiger partial charge on any atom is 0.352 e. The number of likely N-dealkylation sites (tertiary alicyclic amines) is 1. The monoisotopic (exact) mass is 484 g/mol. The zero-order chi connectivity index (χ0) is 24.5. The average molecular weight is 485 g/mol. The van der Waals surface area contributed by atoms with Crippen LogP contribution >= 0.6 is 0 Å². The summed E-state index contributed by atoms with van der Waals surface area (Å²) in [7, 11) is 3.64. The van der Waals surface area contributed by atoms with E-state index in [4.69, 9.17) is 18.9 Å². The van der Waals surface area contributed by atoms with Gasteiger partial charge in [0.1, 0.15) is 11.8 Å². The molecule has 6 atom stereocenters. The first kappa shape index (κ1) is 22.8. The number of methoxy groups -OCH3 is 1. The maximum atomic E-state index is 13.0. The van der Waals surface area contributed by atoms with E-state index in [9.17, 15) is 14.7 Å². The molecular weight excluding hydrogens is 452 g/mol. The van der Waals surface area contributed by atoms with E-state index in [2.05, 4.69) is 16.3 Å². The van der Waals surface area contributed by atoms with Crippen molar-refractivity contribution in [3.8, 4) is 11.5 Å². The lowest BCUT2D eigenvalue weighted by Crippen LogP contribution is -2.74. The van der Waals surface area contributed by atoms with Crippen molar-refractivity contribution in [3.05, 3.63) is 35.1 Å². The minimum absolute atomic E-state index is 0.0820. The van der Waals surface area contributed by atoms with Gasteiger partial charge in [-0.3, -0.25) is 4.79 Å². The standard InChI is InChI=1S/C26H32N2O7/c1-14(33-24(30)16-5-4-11-27-16)23(29)34-18-8-9-26(31)19-13-15-6-7-17(32-3)21-20(15)25(26,22(18)35-21)10-12-28(19)2/h6-8,14,16,19,22,27,31H,4-5,9-13H2,1-3H3/t14-,16-,19+,22?,25?,26+/m0/s1. The molecule has 6 rings (SSSR count). The Kier molecular flexibility index (Phi) is 5.18. The first-order valence-electron chi connectivity index (χ1n) is 12.5. The van der Waals surface area contributed by atoms with Crippen LogP contribution in [0.4, 0.5) is 0 Å². The van der Waals surface area contributed by atoms with E-state index in [1.807, 2.05) is 13.1 Å². The highest BCUT2D eigenvalue weighted by atomic mass is 16.6. The number of carbonyl (C=O) groups is 2. The van der Waals surface area contributed by atoms with Crippen LogP contribution in [0.3, 0.4) is 0 Å². The summed E-state index contributed by atoms with van der Waals surface area (Å²) >= 11 is 0. The van der Waals surface area contributed by atoms with Crippen molar-refractivity contribution >= 4 is 11.9 Å². The lowest BCUT2D eigenvalue weighted by Gasteiger charge is -2.61. The largest absolute Gasteiger partial charge is 0.493 e. The van der Waals surface area contributed by atoms with Crippen LogP contribution in [0.25, 0.3) is 0 Å². The number of hydrogen-bond acceptors (Lipinski definition) is 9. The van der Waals surface area contributed by atoms with E-state index in [-0.39, 0.29) is 12.1 Å². The molecule has 0 aromatic heterocycles. The Balaban J connectivity index is 1.32. The van der Waals surface area contributed by atoms with Gasteiger partial charge in [-0.1, -0.05) is 6.07 Å². The third-order valence-electron chi connectivity index (χ3n) is 8.75. The van der Waals surface area contributed by atoms with Crippen LogP contribution in [0.5, 0.6) is 11.5 Å². The second-order valence-electron chi connectivity index (χ2n) is 10.4. The molecule has 2 fully saturated rings. The molecule has 3 heterocycles. The molecule has 0 radical (unpaired) electrons. The number of likely N-dealkylation sites (N-methyl/N-ethyl adjacent to an activating group) is 1. The Morgan fingerprint density at radius 1 is 1.34 bits per heavy atom. The van der Waals surface area contributed by atoms with Gasteiger partial charge in [0.25, 0.3) is 0 Å². The van der Waals surface area contributed by atoms with Crippen molar-refractivity contribution in [2.75, 3.05) is 27.2 Å². The molecule has 5 aliphatic rings. The van der Waals surface area contributed by atoms with Gasteiger partial charge in [0.2, 0.25) is 0 Å². The lowest BCUT2D eigenvalue weighted by molar-refractivity contribution is -0.176. The third kappa shape index (κ3) is 3.04. The molecule has 2 unspecified atom stereocenters. The van der Waals surface area contributed by atoms with E-state index in [0.717, 1.165) is 30.6 Å². The molecule has 1 aromatic carbocycles. The van der Waals surface area contributed by atoms with Crippen LogP contribution < -0.4 is 14.8 Å². The molecule has 0 amide bonds. The highest BCUT2D eigenvalue weighted by molar-refractivity contribution is 5.82. The Hall–Kier alpha value is -2.62. The zero-order valence-electron chi connectivity index (χ0n) is 20.3. The van der Waals surface area contributed by atoms with Crippen LogP contribution in [0.15, 0.2) is 24.0 Å². The number of nitrogens with zero attached hydrogens (tertiary/aromatic N) is 1. The molecule has 188 valence electrons. The minimum Gasteiger partial charge on any atom is -0.493 e. The number of piperidine rings is 1. The molecule has 0 saturated carbocycles. The van der Waals surface area contributed by atoms with Gasteiger partial charge < -0.3 is 34.3 Å². The highest BCUT2D eigenvalue weighted by Gasteiger charge is 2.72. The Bertz CT molecular complexity index is 1110. The summed E-state index contributed by atoms with van der Waals surface area (Å²) in [4.78, 5) is 27.6. The van der Waals surface area contributed by atoms with Gasteiger partial charge in [-0.25, -0.2) is 4.79 Å². The Morgan fingerprint density at radius 2 is 2.17 bits per heavy atom. The fourth-order valence-electron chi connectivity index (χ4n) is 6.98. The summed E-state index contributed by atoms with van der Waals surface area (Å²) < 4.78 is 23.3. The van der Waals surface area contributed by atoms with Crippen molar-refractivity contribution in [1.29, 1.82) is 0 Å². The summed E-state index contributed by atoms with van der Waals surface area (Å²) in [5.74, 6) is 0.477. The number of benzene rings is 1. The minimum atomic E-state index is -1.07. The van der Waals surface area contributed by atoms with Gasteiger partial charge in [-0.05, 0) is 70.5 Å². The fourth-order valence-corrected chi connectivity index (χ4v) is 6.98. The van der Waals surface area contributed by atoms with Gasteiger partial charge in [-0.2, -0.15) is 0 Å². The summed E-state index contributed by atoms with van der Waals surface area (Å²) in [6.45, 7) is 3.06. The summed E-state index contributed by atoms with van der Waals surface area (Å²) in [6.07, 6.45) is 3.33. The Morgan fingerprint density at radius 3 is 2.91 bits per heavy atom. The number of aliphatic hydroxyl groups is 1. The molecule has 1 aromatic rings. The first-order chi connectivity index (χ1) is 16.8. The molecule has 9 nitrogen and oxygen atoms in total. The van der Waals surface area contributed by atoms with Crippen molar-refractivity contribution < 1.29 is 33.6 Å². The number of esters is 2. The highest BCUT2D eigenvalue weighted by Crippen LogP contribution is 2.65. The molecule has 2 N–H and O–H groups in total. The quantitative estimate of drug-likeness (QED) is 0.596. The van der Waals surface area contributed by atoms with Crippen LogP contribution in [0, 0.1) is 0 Å². The van der Waals surface area contributed by atoms with Crippen LogP contribution in [-0.2, 0) is 30.9 Å². The molecule has 3 aliphatic heterocycles. The predicted octanol–water partition coefficient (Wildman–Crippen LogP) is 1.20. The zero-order valence-corrected chi connectivity index (χ0v) is 20.3. The Labute approximate surface area is 204 Å². The van der Waals surface area contributed by atoms with Crippen molar-refractivity contribution in [2.24, 2.45) is 0 Å². The van der Waals surface area contributed by atoms with E-state index < -0.39 is 35.2 Å². The topological polar surface area (TPSA) is 107 Å². The van der Waals surface area contributed by atoms with Gasteiger partial charge in [-0.15, -0.1) is 0 Å². The maximum absolute atomic E-state index is 13.0. The predicted molar refractivity (Wildman–Crippen MR) is 124 cm³/mol. The van der Waals surface area contributed by atoms with Crippen LogP contribution in [0.1, 0.15) is 43.7 Å².